The number of carbonyl (C=O) groups excluding carboxylic acids is 1. The number of rotatable bonds is 5. The lowest BCUT2D eigenvalue weighted by Crippen LogP contribution is -2.47. The second-order valence-corrected chi connectivity index (χ2v) is 10.9. The molecule has 0 unspecified atom stereocenters. The Morgan fingerprint density at radius 1 is 1.10 bits per heavy atom. The van der Waals surface area contributed by atoms with Gasteiger partial charge in [-0.2, -0.15) is 5.26 Å². The fraction of sp³-hybridized carbons (Fsp3) is 0.636. The molecule has 0 aliphatic carbocycles. The first kappa shape index (κ1) is 22.1. The Hall–Kier alpha value is -2.15. The van der Waals surface area contributed by atoms with Crippen molar-refractivity contribution in [1.29, 1.82) is 5.26 Å². The second kappa shape index (κ2) is 8.77. The number of hydrogen-bond donors (Lipinski definition) is 0. The van der Waals surface area contributed by atoms with Crippen LogP contribution in [0.5, 0.6) is 0 Å². The van der Waals surface area contributed by atoms with Crippen LogP contribution in [-0.2, 0) is 19.6 Å². The van der Waals surface area contributed by atoms with E-state index in [1.54, 1.807) is 0 Å². The van der Waals surface area contributed by atoms with E-state index in [0.717, 1.165) is 44.8 Å². The van der Waals surface area contributed by atoms with Crippen LogP contribution >= 0.6 is 0 Å². The second-order valence-electron chi connectivity index (χ2n) is 8.95. The Bertz CT molecular complexity index is 941. The molecule has 3 aliphatic rings. The highest BCUT2D eigenvalue weighted by Gasteiger charge is 2.51. The van der Waals surface area contributed by atoms with Crippen molar-refractivity contribution in [2.24, 2.45) is 5.41 Å². The quantitative estimate of drug-likeness (QED) is 0.632. The van der Waals surface area contributed by atoms with Crippen molar-refractivity contribution in [1.82, 2.24) is 9.21 Å². The molecule has 0 radical (unpaired) electrons. The van der Waals surface area contributed by atoms with Crippen molar-refractivity contribution in [3.8, 4) is 6.07 Å². The normalized spacial score (nSPS) is 24.8. The SMILES string of the molecule is CS(=O)(=O)N1CCC2(CC1)C[C@@H](CCN1CCN(c3ccc(C#N)cc3)CC1)OC2=O. The summed E-state index contributed by atoms with van der Waals surface area (Å²) in [4.78, 5) is 17.3. The molecule has 0 aromatic heterocycles. The van der Waals surface area contributed by atoms with Crippen LogP contribution in [0, 0.1) is 16.7 Å². The van der Waals surface area contributed by atoms with Gasteiger partial charge < -0.3 is 9.64 Å². The molecule has 9 heteroatoms. The first-order valence-corrected chi connectivity index (χ1v) is 12.8. The Morgan fingerprint density at radius 2 is 1.74 bits per heavy atom. The van der Waals surface area contributed by atoms with Gasteiger partial charge in [-0.05, 0) is 43.5 Å². The number of nitrogens with zero attached hydrogens (tertiary/aromatic N) is 4. The van der Waals surface area contributed by atoms with Gasteiger partial charge in [0.25, 0.3) is 0 Å². The van der Waals surface area contributed by atoms with Crippen molar-refractivity contribution in [3.63, 3.8) is 0 Å². The summed E-state index contributed by atoms with van der Waals surface area (Å²) < 4.78 is 30.7. The molecule has 3 aliphatic heterocycles. The van der Waals surface area contributed by atoms with E-state index in [4.69, 9.17) is 10.00 Å². The molecule has 0 N–H and O–H groups in total. The van der Waals surface area contributed by atoms with Crippen LogP contribution in [0.3, 0.4) is 0 Å². The summed E-state index contributed by atoms with van der Waals surface area (Å²) in [6.45, 7) is 5.47. The van der Waals surface area contributed by atoms with Crippen LogP contribution < -0.4 is 4.90 Å². The van der Waals surface area contributed by atoms with Gasteiger partial charge in [0.05, 0.1) is 23.3 Å². The van der Waals surface area contributed by atoms with Crippen LogP contribution in [0.1, 0.15) is 31.2 Å². The first-order valence-electron chi connectivity index (χ1n) is 10.9. The highest BCUT2D eigenvalue weighted by atomic mass is 32.2. The molecule has 3 fully saturated rings. The number of ether oxygens (including phenoxy) is 1. The molecule has 4 rings (SSSR count). The molecule has 0 bridgehead atoms. The summed E-state index contributed by atoms with van der Waals surface area (Å²) >= 11 is 0. The number of hydrogen-bond acceptors (Lipinski definition) is 7. The van der Waals surface area contributed by atoms with E-state index in [1.165, 1.54) is 10.6 Å². The molecule has 0 amide bonds. The third-order valence-electron chi connectivity index (χ3n) is 6.97. The molecule has 168 valence electrons. The first-order chi connectivity index (χ1) is 14.8. The zero-order valence-electron chi connectivity index (χ0n) is 18.0. The maximum absolute atomic E-state index is 12.6. The number of piperazine rings is 1. The molecular formula is C22H30N4O4S. The van der Waals surface area contributed by atoms with Crippen LogP contribution in [0.25, 0.3) is 0 Å². The maximum Gasteiger partial charge on any atom is 0.312 e. The Morgan fingerprint density at radius 3 is 2.32 bits per heavy atom. The number of esters is 1. The van der Waals surface area contributed by atoms with Crippen molar-refractivity contribution in [2.45, 2.75) is 31.8 Å². The third-order valence-corrected chi connectivity index (χ3v) is 8.28. The van der Waals surface area contributed by atoms with Gasteiger partial charge in [-0.3, -0.25) is 9.69 Å². The summed E-state index contributed by atoms with van der Waals surface area (Å²) in [5, 5.41) is 8.94. The Balaban J connectivity index is 1.23. The van der Waals surface area contributed by atoms with E-state index in [0.29, 0.717) is 37.9 Å². The minimum absolute atomic E-state index is 0.0751. The Kier molecular flexibility index (Phi) is 6.24. The van der Waals surface area contributed by atoms with E-state index in [2.05, 4.69) is 15.9 Å². The standard InChI is InChI=1S/C22H30N4O4S/c1-31(28,29)26-10-7-22(8-11-26)16-20(30-21(22)27)6-9-24-12-14-25(15-13-24)19-4-2-18(17-23)3-5-19/h2-5,20H,6-16H2,1H3/t20-/m1/s1. The molecule has 1 atom stereocenters. The zero-order valence-corrected chi connectivity index (χ0v) is 18.8. The van der Waals surface area contributed by atoms with E-state index < -0.39 is 15.4 Å². The van der Waals surface area contributed by atoms with Crippen LogP contribution in [0.15, 0.2) is 24.3 Å². The van der Waals surface area contributed by atoms with E-state index in [-0.39, 0.29) is 12.1 Å². The van der Waals surface area contributed by atoms with E-state index >= 15 is 0 Å². The van der Waals surface area contributed by atoms with Crippen molar-refractivity contribution in [2.75, 3.05) is 57.0 Å². The summed E-state index contributed by atoms with van der Waals surface area (Å²) in [6, 6.07) is 9.86. The number of nitriles is 1. The predicted molar refractivity (Wildman–Crippen MR) is 117 cm³/mol. The fourth-order valence-electron chi connectivity index (χ4n) is 4.96. The van der Waals surface area contributed by atoms with E-state index in [1.807, 2.05) is 24.3 Å². The van der Waals surface area contributed by atoms with Gasteiger partial charge in [0.15, 0.2) is 0 Å². The molecule has 31 heavy (non-hydrogen) atoms. The molecule has 8 nitrogen and oxygen atoms in total. The molecule has 1 spiro atoms. The van der Waals surface area contributed by atoms with Crippen LogP contribution in [-0.4, -0.2) is 81.8 Å². The minimum atomic E-state index is -3.20. The monoisotopic (exact) mass is 446 g/mol. The molecule has 1 aromatic rings. The smallest absolute Gasteiger partial charge is 0.312 e. The largest absolute Gasteiger partial charge is 0.462 e. The number of carbonyl (C=O) groups is 1. The number of anilines is 1. The van der Waals surface area contributed by atoms with Gasteiger partial charge in [-0.1, -0.05) is 0 Å². The van der Waals surface area contributed by atoms with Gasteiger partial charge in [0.1, 0.15) is 6.10 Å². The molecule has 3 heterocycles. The average Bonchev–Trinajstić information content (AvgIpc) is 3.07. The number of cyclic esters (lactones) is 1. The third kappa shape index (κ3) is 4.86. The average molecular weight is 447 g/mol. The summed E-state index contributed by atoms with van der Waals surface area (Å²) in [7, 11) is -3.20. The van der Waals surface area contributed by atoms with Crippen molar-refractivity contribution < 1.29 is 17.9 Å². The molecule has 0 saturated carbocycles. The zero-order chi connectivity index (χ0) is 22.1. The highest BCUT2D eigenvalue weighted by molar-refractivity contribution is 7.88. The van der Waals surface area contributed by atoms with Crippen LogP contribution in [0.2, 0.25) is 0 Å². The lowest BCUT2D eigenvalue weighted by atomic mass is 9.76. The highest BCUT2D eigenvalue weighted by Crippen LogP contribution is 2.44. The minimum Gasteiger partial charge on any atom is -0.462 e. The predicted octanol–water partition coefficient (Wildman–Crippen LogP) is 1.43. The summed E-state index contributed by atoms with van der Waals surface area (Å²) in [5.74, 6) is -0.142. The van der Waals surface area contributed by atoms with Crippen molar-refractivity contribution >= 4 is 21.7 Å². The maximum atomic E-state index is 12.6. The number of piperidine rings is 1. The van der Waals surface area contributed by atoms with Gasteiger partial charge >= 0.3 is 5.97 Å². The van der Waals surface area contributed by atoms with E-state index in [9.17, 15) is 13.2 Å². The lowest BCUT2D eigenvalue weighted by molar-refractivity contribution is -0.150. The summed E-state index contributed by atoms with van der Waals surface area (Å²) in [5.41, 5.74) is 1.32. The number of sulfonamides is 1. The van der Waals surface area contributed by atoms with Gasteiger partial charge in [-0.25, -0.2) is 12.7 Å². The van der Waals surface area contributed by atoms with Crippen molar-refractivity contribution in [3.05, 3.63) is 29.8 Å². The fourth-order valence-corrected chi connectivity index (χ4v) is 5.80. The molecule has 3 saturated heterocycles. The topological polar surface area (TPSA) is 94.0 Å². The Labute approximate surface area is 184 Å². The number of benzene rings is 1. The summed E-state index contributed by atoms with van der Waals surface area (Å²) in [6.07, 6.45) is 3.78. The van der Waals surface area contributed by atoms with Gasteiger partial charge in [0, 0.05) is 57.9 Å². The van der Waals surface area contributed by atoms with Crippen LogP contribution in [0.4, 0.5) is 5.69 Å². The lowest BCUT2D eigenvalue weighted by Gasteiger charge is -2.36. The van der Waals surface area contributed by atoms with Gasteiger partial charge in [0.2, 0.25) is 10.0 Å². The molecule has 1 aromatic carbocycles. The molecular weight excluding hydrogens is 416 g/mol. The van der Waals surface area contributed by atoms with Gasteiger partial charge in [-0.15, -0.1) is 0 Å².